The molecule has 2 aromatic rings. The van der Waals surface area contributed by atoms with Crippen LogP contribution in [-0.4, -0.2) is 132 Å². The Balaban J connectivity index is 1.36. The summed E-state index contributed by atoms with van der Waals surface area (Å²) in [6, 6.07) is 10.1. The number of carbonyl (C=O) groups is 2. The van der Waals surface area contributed by atoms with Crippen LogP contribution in [0.5, 0.6) is 0 Å². The number of likely N-dealkylation sites (N-methyl/N-ethyl adjacent to an activating group) is 1. The number of halogens is 8. The van der Waals surface area contributed by atoms with Crippen LogP contribution in [0.4, 0.5) is 35.1 Å². The molecule has 10 atom stereocenters. The molecule has 2 amide bonds. The molecular formula is C69H104F8N9O2+3. The first-order valence-corrected chi connectivity index (χ1v) is 32.6. The molecular weight excluding hydrogens is 1140 g/mol. The first kappa shape index (κ1) is 71.6. The molecule has 2 aliphatic carbocycles. The molecule has 11 nitrogen and oxygen atoms in total. The van der Waals surface area contributed by atoms with E-state index < -0.39 is 57.7 Å². The highest BCUT2D eigenvalue weighted by molar-refractivity contribution is 6.06. The van der Waals surface area contributed by atoms with Gasteiger partial charge < -0.3 is 15.1 Å². The second kappa shape index (κ2) is 31.0. The normalized spacial score (nSPS) is 22.7. The summed E-state index contributed by atoms with van der Waals surface area (Å²) >= 11 is 0. The number of rotatable bonds is 26. The second-order valence-electron chi connectivity index (χ2n) is 27.8. The van der Waals surface area contributed by atoms with Crippen LogP contribution < -0.4 is 21.3 Å². The van der Waals surface area contributed by atoms with E-state index in [4.69, 9.17) is 9.98 Å². The SMILES string of the molecule is CCCC1(C(F)(F)F)C(C(=O)NC(=NC(CC(c2ccc(F)cc2)C(CC)CCC[N+](=C2CCCC2)C(CC(NC(=NCC(C)C)NC(=O)C2=CCC[N+](C)(C)C2C(F)(F)F)C(C)CC)c2ccc(F)cc2)C(C)CC2C=C2)NC(C)(C)C)CCC=[N+]1C. The van der Waals surface area contributed by atoms with E-state index in [1.165, 1.54) is 61.8 Å². The predicted octanol–water partition coefficient (Wildman–Crippen LogP) is 14.5. The maximum absolute atomic E-state index is 15.4. The van der Waals surface area contributed by atoms with Crippen molar-refractivity contribution < 1.29 is 58.3 Å². The monoisotopic (exact) mass is 1240 g/mol. The molecule has 10 unspecified atom stereocenters. The molecule has 2 aromatic carbocycles. The summed E-state index contributed by atoms with van der Waals surface area (Å²) in [4.78, 5) is 39.0. The van der Waals surface area contributed by atoms with Crippen LogP contribution in [0, 0.1) is 47.1 Å². The number of allylic oxidation sites excluding steroid dienone is 2. The Morgan fingerprint density at radius 1 is 0.818 bits per heavy atom. The maximum Gasteiger partial charge on any atom is 0.455 e. The number of aliphatic imine (C=N–C) groups is 2. The van der Waals surface area contributed by atoms with Crippen molar-refractivity contribution in [3.05, 3.63) is 95.1 Å². The average molecular weight is 1240 g/mol. The van der Waals surface area contributed by atoms with Gasteiger partial charge >= 0.3 is 12.4 Å². The van der Waals surface area contributed by atoms with Crippen LogP contribution in [0.25, 0.3) is 0 Å². The molecule has 4 aliphatic rings. The summed E-state index contributed by atoms with van der Waals surface area (Å²) in [5, 5.41) is 12.7. The molecule has 0 spiro atoms. The number of alkyl halides is 6. The average Bonchev–Trinajstić information content (AvgIpc) is 0.870. The minimum atomic E-state index is -4.70. The quantitative estimate of drug-likeness (QED) is 0.0188. The first-order valence-electron chi connectivity index (χ1n) is 32.6. The van der Waals surface area contributed by atoms with E-state index in [1.54, 1.807) is 13.1 Å². The largest absolute Gasteiger partial charge is 0.455 e. The molecule has 88 heavy (non-hydrogen) atoms. The fourth-order valence-corrected chi connectivity index (χ4v) is 13.9. The molecule has 19 heteroatoms. The minimum Gasteiger partial charge on any atom is -0.353 e. The Bertz CT molecular complexity index is 2800. The van der Waals surface area contributed by atoms with Gasteiger partial charge in [-0.25, -0.2) is 22.9 Å². The van der Waals surface area contributed by atoms with E-state index in [0.29, 0.717) is 38.8 Å². The standard InChI is InChI=1S/C69H102F8N9O2/c1-14-37-67(69(75,76)77)57(26-20-38-84(67)11)63(88)82-65(83-66(8,9)10)80-58(47(7)41-48-27-28-48)42-56(50-29-33-52(70)34-30-50)49(16-3)22-19-39-85(54-23-17-18-24-54)60(51-31-35-53(71)36-32-51)43-59(46(6)15-2)79-64(78-44-45(4)5)81-62(87)55-25-21-40-86(12,13)61(55)68(72,73)74/h25,27-36,38,45-49,56-61H,14-24,26,37,39-44H2,1-13H3,(H2-2,78,79,80,81,82,83,87,88)/q+1/p+2. The van der Waals surface area contributed by atoms with Crippen molar-refractivity contribution in [2.45, 2.75) is 225 Å². The summed E-state index contributed by atoms with van der Waals surface area (Å²) in [6.07, 6.45) is 6.91. The van der Waals surface area contributed by atoms with Gasteiger partial charge in [-0.05, 0) is 143 Å². The molecule has 1 saturated carbocycles. The fraction of sp³-hybridized carbons (Fsp3) is 0.681. The zero-order valence-corrected chi connectivity index (χ0v) is 54.8. The zero-order valence-electron chi connectivity index (χ0n) is 54.8. The molecule has 0 saturated heterocycles. The molecule has 1 fully saturated rings. The lowest BCUT2D eigenvalue weighted by molar-refractivity contribution is -0.922. The highest BCUT2D eigenvalue weighted by Crippen LogP contribution is 2.46. The second-order valence-corrected chi connectivity index (χ2v) is 27.8. The van der Waals surface area contributed by atoms with Gasteiger partial charge in [-0.2, -0.15) is 26.3 Å². The maximum atomic E-state index is 15.4. The number of hydrogen-bond acceptors (Lipinski definition) is 4. The molecule has 0 bridgehead atoms. The van der Waals surface area contributed by atoms with E-state index in [-0.39, 0.29) is 103 Å². The Morgan fingerprint density at radius 2 is 1.44 bits per heavy atom. The number of hydrogen-bond donors (Lipinski definition) is 4. The lowest BCUT2D eigenvalue weighted by Crippen LogP contribution is -2.65. The van der Waals surface area contributed by atoms with Gasteiger partial charge in [0.25, 0.3) is 11.4 Å². The summed E-state index contributed by atoms with van der Waals surface area (Å²) in [7, 11) is 4.40. The summed E-state index contributed by atoms with van der Waals surface area (Å²) in [5.41, 5.74) is -0.270. The van der Waals surface area contributed by atoms with Crippen molar-refractivity contribution in [3.63, 3.8) is 0 Å². The van der Waals surface area contributed by atoms with Crippen molar-refractivity contribution >= 4 is 35.7 Å². The van der Waals surface area contributed by atoms with Gasteiger partial charge in [0.05, 0.1) is 32.3 Å². The zero-order chi connectivity index (χ0) is 64.9. The highest BCUT2D eigenvalue weighted by atomic mass is 19.4. The number of guanidine groups is 2. The van der Waals surface area contributed by atoms with E-state index >= 15 is 13.2 Å². The highest BCUT2D eigenvalue weighted by Gasteiger charge is 2.69. The Morgan fingerprint density at radius 3 is 1.99 bits per heavy atom. The van der Waals surface area contributed by atoms with Gasteiger partial charge in [0, 0.05) is 68.6 Å². The number of carbonyl (C=O) groups excluding carboxylic acids is 2. The molecule has 4 N–H and O–H groups in total. The van der Waals surface area contributed by atoms with E-state index in [0.717, 1.165) is 68.9 Å². The van der Waals surface area contributed by atoms with Crippen LogP contribution in [0.1, 0.15) is 195 Å². The van der Waals surface area contributed by atoms with Crippen LogP contribution in [0.2, 0.25) is 0 Å². The van der Waals surface area contributed by atoms with E-state index in [1.807, 2.05) is 58.9 Å². The fourth-order valence-electron chi connectivity index (χ4n) is 13.9. The first-order chi connectivity index (χ1) is 41.3. The van der Waals surface area contributed by atoms with Gasteiger partial charge in [0.15, 0.2) is 23.7 Å². The van der Waals surface area contributed by atoms with E-state index in [9.17, 15) is 31.5 Å². The van der Waals surface area contributed by atoms with Crippen LogP contribution in [0.15, 0.2) is 82.3 Å². The van der Waals surface area contributed by atoms with Crippen LogP contribution >= 0.6 is 0 Å². The predicted molar refractivity (Wildman–Crippen MR) is 338 cm³/mol. The Hall–Kier alpha value is -5.46. The van der Waals surface area contributed by atoms with Crippen LogP contribution in [0.3, 0.4) is 0 Å². The summed E-state index contributed by atoms with van der Waals surface area (Å²) in [5.74, 6) is -3.36. The van der Waals surface area contributed by atoms with Crippen molar-refractivity contribution in [1.29, 1.82) is 0 Å². The number of amides is 2. The van der Waals surface area contributed by atoms with Crippen molar-refractivity contribution in [1.82, 2.24) is 21.3 Å². The molecule has 0 radical (unpaired) electrons. The number of nitrogens with zero attached hydrogens (tertiary/aromatic N) is 5. The van der Waals surface area contributed by atoms with Crippen molar-refractivity contribution in [3.8, 4) is 0 Å². The van der Waals surface area contributed by atoms with Gasteiger partial charge in [0.2, 0.25) is 11.9 Å². The summed E-state index contributed by atoms with van der Waals surface area (Å²) in [6.45, 7) is 21.0. The topological polar surface area (TPSA) is 113 Å². The number of quaternary nitrogens is 1. The molecule has 2 aliphatic heterocycles. The van der Waals surface area contributed by atoms with Gasteiger partial charge in [-0.15, -0.1) is 0 Å². The smallest absolute Gasteiger partial charge is 0.353 e. The minimum absolute atomic E-state index is 0.0175. The molecule has 0 aromatic heterocycles. The van der Waals surface area contributed by atoms with Crippen LogP contribution in [-0.2, 0) is 9.59 Å². The van der Waals surface area contributed by atoms with Gasteiger partial charge in [0.1, 0.15) is 37.4 Å². The van der Waals surface area contributed by atoms with Gasteiger partial charge in [-0.1, -0.05) is 91.7 Å². The Kier molecular flexibility index (Phi) is 25.3. The lowest BCUT2D eigenvalue weighted by Gasteiger charge is -2.41. The van der Waals surface area contributed by atoms with E-state index in [2.05, 4.69) is 65.7 Å². The Labute approximate surface area is 520 Å². The molecule has 490 valence electrons. The van der Waals surface area contributed by atoms with Gasteiger partial charge in [-0.3, -0.25) is 25.2 Å². The molecule has 6 rings (SSSR count). The summed E-state index contributed by atoms with van der Waals surface area (Å²) < 4.78 is 124. The third-order valence-corrected chi connectivity index (χ3v) is 19.0. The lowest BCUT2D eigenvalue weighted by atomic mass is 9.74. The van der Waals surface area contributed by atoms with Crippen molar-refractivity contribution in [2.24, 2.45) is 45.5 Å². The number of benzene rings is 2. The molecule has 2 heterocycles. The third kappa shape index (κ3) is 19.3. The number of nitrogens with one attached hydrogen (secondary N) is 4. The third-order valence-electron chi connectivity index (χ3n) is 19.0. The van der Waals surface area contributed by atoms with Crippen molar-refractivity contribution in [2.75, 3.05) is 40.8 Å².